The lowest BCUT2D eigenvalue weighted by Gasteiger charge is -2.45. The molecule has 1 saturated carbocycles. The highest BCUT2D eigenvalue weighted by atomic mass is 32.2. The smallest absolute Gasteiger partial charge is 0.407 e. The van der Waals surface area contributed by atoms with Crippen molar-refractivity contribution in [2.45, 2.75) is 57.4 Å². The fourth-order valence-electron chi connectivity index (χ4n) is 4.72. The predicted octanol–water partition coefficient (Wildman–Crippen LogP) is 4.30. The molecule has 0 aromatic heterocycles. The van der Waals surface area contributed by atoms with E-state index < -0.39 is 15.9 Å². The molecule has 4 atom stereocenters. The molecule has 1 aromatic rings. The quantitative estimate of drug-likeness (QED) is 0.737. The molecule has 0 spiro atoms. The van der Waals surface area contributed by atoms with Gasteiger partial charge < -0.3 is 14.7 Å². The molecule has 1 aromatic carbocycles. The first kappa shape index (κ1) is 21.9. The number of rotatable bonds is 6. The first-order chi connectivity index (χ1) is 13.5. The lowest BCUT2D eigenvalue weighted by Crippen LogP contribution is -2.51. The Morgan fingerprint density at radius 1 is 1.21 bits per heavy atom. The second kappa shape index (κ2) is 8.17. The maximum Gasteiger partial charge on any atom is 0.407 e. The zero-order valence-corrected chi connectivity index (χ0v) is 18.6. The van der Waals surface area contributed by atoms with Crippen molar-refractivity contribution >= 4 is 15.9 Å². The lowest BCUT2D eigenvalue weighted by molar-refractivity contribution is 0.0350. The van der Waals surface area contributed by atoms with Crippen LogP contribution in [0.15, 0.2) is 29.2 Å². The van der Waals surface area contributed by atoms with E-state index in [1.165, 1.54) is 12.7 Å². The number of nitrogens with zero attached hydrogens (tertiary/aromatic N) is 1. The van der Waals surface area contributed by atoms with Crippen LogP contribution in [0.3, 0.4) is 0 Å². The predicted molar refractivity (Wildman–Crippen MR) is 112 cm³/mol. The van der Waals surface area contributed by atoms with E-state index in [4.69, 9.17) is 4.74 Å². The molecule has 1 N–H and O–H groups in total. The van der Waals surface area contributed by atoms with Gasteiger partial charge in [-0.25, -0.2) is 13.2 Å². The van der Waals surface area contributed by atoms with E-state index in [2.05, 4.69) is 20.8 Å². The molecule has 1 aliphatic heterocycles. The van der Waals surface area contributed by atoms with Crippen molar-refractivity contribution in [3.63, 3.8) is 0 Å². The number of ether oxygens (including phenoxy) is 1. The van der Waals surface area contributed by atoms with Gasteiger partial charge in [0.1, 0.15) is 5.75 Å². The van der Waals surface area contributed by atoms with Crippen LogP contribution in [-0.2, 0) is 9.84 Å². The molecule has 0 radical (unpaired) electrons. The van der Waals surface area contributed by atoms with Crippen LogP contribution in [-0.4, -0.2) is 50.0 Å². The molecule has 162 valence electrons. The van der Waals surface area contributed by atoms with Gasteiger partial charge in [-0.1, -0.05) is 20.8 Å². The number of sulfone groups is 1. The summed E-state index contributed by atoms with van der Waals surface area (Å²) in [5.74, 6) is 2.60. The first-order valence-electron chi connectivity index (χ1n) is 10.4. The van der Waals surface area contributed by atoms with E-state index >= 15 is 0 Å². The van der Waals surface area contributed by atoms with E-state index in [-0.39, 0.29) is 11.5 Å². The van der Waals surface area contributed by atoms with Gasteiger partial charge in [0.25, 0.3) is 0 Å². The molecule has 7 heteroatoms. The minimum absolute atomic E-state index is 0.0529. The summed E-state index contributed by atoms with van der Waals surface area (Å²) in [4.78, 5) is 13.5. The molecular formula is C22H33NO5S. The third-order valence-corrected chi connectivity index (χ3v) is 7.61. The molecule has 1 saturated heterocycles. The van der Waals surface area contributed by atoms with Crippen LogP contribution in [0.4, 0.5) is 4.79 Å². The van der Waals surface area contributed by atoms with Gasteiger partial charge in [-0.05, 0) is 73.1 Å². The van der Waals surface area contributed by atoms with E-state index in [0.29, 0.717) is 41.6 Å². The molecule has 2 unspecified atom stereocenters. The topological polar surface area (TPSA) is 83.9 Å². The number of hydrogen-bond acceptors (Lipinski definition) is 4. The van der Waals surface area contributed by atoms with Gasteiger partial charge in [0.15, 0.2) is 9.84 Å². The summed E-state index contributed by atoms with van der Waals surface area (Å²) in [6.07, 6.45) is 4.48. The molecular weight excluding hydrogens is 390 g/mol. The average molecular weight is 424 g/mol. The zero-order chi connectivity index (χ0) is 21.4. The van der Waals surface area contributed by atoms with Gasteiger partial charge in [0.05, 0.1) is 11.5 Å². The van der Waals surface area contributed by atoms with Gasteiger partial charge >= 0.3 is 6.09 Å². The summed E-state index contributed by atoms with van der Waals surface area (Å²) in [5, 5.41) is 9.53. The molecule has 1 heterocycles. The van der Waals surface area contributed by atoms with Crippen molar-refractivity contribution in [1.82, 2.24) is 4.90 Å². The first-order valence-corrected chi connectivity index (χ1v) is 12.3. The van der Waals surface area contributed by atoms with Crippen LogP contribution in [0.25, 0.3) is 0 Å². The number of benzene rings is 1. The third-order valence-electron chi connectivity index (χ3n) is 6.48. The highest BCUT2D eigenvalue weighted by Crippen LogP contribution is 2.51. The lowest BCUT2D eigenvalue weighted by atomic mass is 9.75. The van der Waals surface area contributed by atoms with Gasteiger partial charge in [-0.15, -0.1) is 0 Å². The number of piperidine rings is 1. The van der Waals surface area contributed by atoms with Crippen molar-refractivity contribution in [3.05, 3.63) is 24.3 Å². The molecule has 1 amide bonds. The van der Waals surface area contributed by atoms with Crippen molar-refractivity contribution in [2.24, 2.45) is 23.2 Å². The largest absolute Gasteiger partial charge is 0.494 e. The highest BCUT2D eigenvalue weighted by molar-refractivity contribution is 7.90. The van der Waals surface area contributed by atoms with Crippen LogP contribution in [0.1, 0.15) is 46.5 Å². The minimum atomic E-state index is -3.18. The standard InChI is InChI=1S/C22H33NO5S/c1-22(2,3)20-14-15(9-11-23(20)21(24)25)19-13-16(19)10-12-28-17-5-7-18(8-6-17)29(4,26)27/h5-8,15-16,19-20H,9-14H2,1-4H3,(H,24,25)/t15?,16-,19-,20?/m1/s1. The number of amides is 1. The fraction of sp³-hybridized carbons (Fsp3) is 0.682. The minimum Gasteiger partial charge on any atom is -0.494 e. The van der Waals surface area contributed by atoms with Crippen molar-refractivity contribution in [1.29, 1.82) is 0 Å². The monoisotopic (exact) mass is 423 g/mol. The second-order valence-electron chi connectivity index (χ2n) is 9.68. The van der Waals surface area contributed by atoms with Gasteiger partial charge in [0, 0.05) is 18.8 Å². The van der Waals surface area contributed by atoms with Gasteiger partial charge in [-0.3, -0.25) is 0 Å². The zero-order valence-electron chi connectivity index (χ0n) is 17.8. The van der Waals surface area contributed by atoms with Crippen molar-refractivity contribution in [2.75, 3.05) is 19.4 Å². The Labute approximate surface area is 174 Å². The number of carboxylic acid groups (broad SMARTS) is 1. The van der Waals surface area contributed by atoms with Crippen LogP contribution in [0, 0.1) is 23.2 Å². The molecule has 6 nitrogen and oxygen atoms in total. The number of likely N-dealkylation sites (tertiary alicyclic amines) is 1. The van der Waals surface area contributed by atoms with Crippen LogP contribution in [0.5, 0.6) is 5.75 Å². The maximum absolute atomic E-state index is 11.6. The SMILES string of the molecule is CC(C)(C)C1CC([C@H]2C[C@H]2CCOc2ccc(S(C)(=O)=O)cc2)CCN1C(=O)O. The Morgan fingerprint density at radius 3 is 2.41 bits per heavy atom. The summed E-state index contributed by atoms with van der Waals surface area (Å²) in [6.45, 7) is 7.64. The molecule has 2 aliphatic rings. The normalized spacial score (nSPS) is 27.5. The Bertz CT molecular complexity index is 828. The van der Waals surface area contributed by atoms with Crippen LogP contribution in [0.2, 0.25) is 0 Å². The Balaban J connectivity index is 1.47. The summed E-state index contributed by atoms with van der Waals surface area (Å²) in [7, 11) is -3.18. The van der Waals surface area contributed by atoms with Gasteiger partial charge in [0.2, 0.25) is 0 Å². The van der Waals surface area contributed by atoms with Crippen molar-refractivity contribution < 1.29 is 23.1 Å². The van der Waals surface area contributed by atoms with E-state index in [0.717, 1.165) is 19.3 Å². The second-order valence-corrected chi connectivity index (χ2v) is 11.7. The average Bonchev–Trinajstić information content (AvgIpc) is 3.39. The third kappa shape index (κ3) is 5.44. The molecule has 3 rings (SSSR count). The fourth-order valence-corrected chi connectivity index (χ4v) is 5.35. The molecule has 29 heavy (non-hydrogen) atoms. The number of carbonyl (C=O) groups is 1. The summed E-state index contributed by atoms with van der Waals surface area (Å²) >= 11 is 0. The molecule has 0 bridgehead atoms. The van der Waals surface area contributed by atoms with Crippen molar-refractivity contribution in [3.8, 4) is 5.75 Å². The summed E-state index contributed by atoms with van der Waals surface area (Å²) in [5.41, 5.74) is -0.0529. The Hall–Kier alpha value is -1.76. The molecule has 1 aliphatic carbocycles. The number of hydrogen-bond donors (Lipinski definition) is 1. The van der Waals surface area contributed by atoms with Gasteiger partial charge in [-0.2, -0.15) is 0 Å². The summed E-state index contributed by atoms with van der Waals surface area (Å²) in [6, 6.07) is 6.64. The van der Waals surface area contributed by atoms with Crippen LogP contribution >= 0.6 is 0 Å². The molecule has 2 fully saturated rings. The van der Waals surface area contributed by atoms with E-state index in [9.17, 15) is 18.3 Å². The summed E-state index contributed by atoms with van der Waals surface area (Å²) < 4.78 is 28.8. The highest BCUT2D eigenvalue weighted by Gasteiger charge is 2.47. The maximum atomic E-state index is 11.6. The Kier molecular flexibility index (Phi) is 6.18. The Morgan fingerprint density at radius 2 is 1.86 bits per heavy atom. The van der Waals surface area contributed by atoms with E-state index in [1.807, 2.05) is 0 Å². The van der Waals surface area contributed by atoms with E-state index in [1.54, 1.807) is 29.2 Å². The van der Waals surface area contributed by atoms with Crippen LogP contribution < -0.4 is 4.74 Å².